The quantitative estimate of drug-likeness (QED) is 0.819. The topological polar surface area (TPSA) is 19.4 Å². The van der Waals surface area contributed by atoms with Gasteiger partial charge in [-0.1, -0.05) is 0 Å². The first kappa shape index (κ1) is 12.6. The number of nitrogens with zero attached hydrogens (tertiary/aromatic N) is 3. The first-order valence-electron chi connectivity index (χ1n) is 7.07. The van der Waals surface area contributed by atoms with Crippen molar-refractivity contribution in [2.45, 2.75) is 45.7 Å². The van der Waals surface area contributed by atoms with E-state index < -0.39 is 0 Å². The molecule has 2 saturated heterocycles. The minimum atomic E-state index is 0.541. The Labute approximate surface area is 114 Å². The van der Waals surface area contributed by atoms with Crippen molar-refractivity contribution >= 4 is 11.3 Å². The van der Waals surface area contributed by atoms with Crippen molar-refractivity contribution in [3.63, 3.8) is 0 Å². The third-order valence-electron chi connectivity index (χ3n) is 4.49. The van der Waals surface area contributed by atoms with Gasteiger partial charge < -0.3 is 0 Å². The lowest BCUT2D eigenvalue weighted by Gasteiger charge is -2.40. The van der Waals surface area contributed by atoms with Crippen molar-refractivity contribution in [2.75, 3.05) is 26.2 Å². The molecule has 2 atom stereocenters. The zero-order valence-electron chi connectivity index (χ0n) is 11.6. The predicted octanol–water partition coefficient (Wildman–Crippen LogP) is 2.60. The molecule has 3 nitrogen and oxygen atoms in total. The fourth-order valence-corrected chi connectivity index (χ4v) is 4.48. The number of hydrogen-bond acceptors (Lipinski definition) is 4. The minimum absolute atomic E-state index is 0.541. The number of thiazole rings is 1. The summed E-state index contributed by atoms with van der Waals surface area (Å²) >= 11 is 1.87. The summed E-state index contributed by atoms with van der Waals surface area (Å²) in [6.07, 6.45) is 2.79. The summed E-state index contributed by atoms with van der Waals surface area (Å²) in [5.41, 5.74) is 1.24. The lowest BCUT2D eigenvalue weighted by atomic mass is 10.1. The molecule has 2 aliphatic rings. The van der Waals surface area contributed by atoms with Crippen LogP contribution >= 0.6 is 11.3 Å². The van der Waals surface area contributed by atoms with Crippen LogP contribution in [0.1, 0.15) is 41.4 Å². The average molecular weight is 265 g/mol. The Kier molecular flexibility index (Phi) is 3.43. The summed E-state index contributed by atoms with van der Waals surface area (Å²) in [6.45, 7) is 11.7. The van der Waals surface area contributed by atoms with Gasteiger partial charge in [-0.15, -0.1) is 11.3 Å². The summed E-state index contributed by atoms with van der Waals surface area (Å²) in [7, 11) is 0. The Morgan fingerprint density at radius 1 is 1.28 bits per heavy atom. The monoisotopic (exact) mass is 265 g/mol. The van der Waals surface area contributed by atoms with Gasteiger partial charge in [0, 0.05) is 36.6 Å². The summed E-state index contributed by atoms with van der Waals surface area (Å²) in [5.74, 6) is 0. The largest absolute Gasteiger partial charge is 0.298 e. The third-order valence-corrected chi connectivity index (χ3v) is 5.73. The van der Waals surface area contributed by atoms with Gasteiger partial charge in [-0.3, -0.25) is 9.80 Å². The maximum absolute atomic E-state index is 4.57. The van der Waals surface area contributed by atoms with Gasteiger partial charge in [-0.05, 0) is 40.2 Å². The second-order valence-electron chi connectivity index (χ2n) is 5.69. The van der Waals surface area contributed by atoms with Crippen LogP contribution in [-0.4, -0.2) is 47.0 Å². The van der Waals surface area contributed by atoms with Crippen LogP contribution in [0, 0.1) is 13.8 Å². The fourth-order valence-electron chi connectivity index (χ4n) is 3.47. The molecule has 0 N–H and O–H groups in total. The number of aromatic nitrogens is 1. The number of rotatable bonds is 2. The third kappa shape index (κ3) is 2.22. The highest BCUT2D eigenvalue weighted by Crippen LogP contribution is 2.32. The van der Waals surface area contributed by atoms with E-state index >= 15 is 0 Å². The second-order valence-corrected chi connectivity index (χ2v) is 6.92. The van der Waals surface area contributed by atoms with Crippen molar-refractivity contribution < 1.29 is 0 Å². The molecule has 3 rings (SSSR count). The van der Waals surface area contributed by atoms with E-state index in [9.17, 15) is 0 Å². The molecule has 1 aromatic rings. The molecule has 18 heavy (non-hydrogen) atoms. The molecule has 2 fully saturated rings. The highest BCUT2D eigenvalue weighted by atomic mass is 32.1. The molecule has 0 spiro atoms. The zero-order valence-corrected chi connectivity index (χ0v) is 12.5. The van der Waals surface area contributed by atoms with Crippen LogP contribution < -0.4 is 0 Å². The summed E-state index contributed by atoms with van der Waals surface area (Å²) in [6, 6.07) is 1.36. The van der Waals surface area contributed by atoms with Crippen LogP contribution in [0.3, 0.4) is 0 Å². The van der Waals surface area contributed by atoms with Crippen molar-refractivity contribution in [3.8, 4) is 0 Å². The Balaban J connectivity index is 1.73. The number of fused-ring (bicyclic) bond motifs is 1. The van der Waals surface area contributed by atoms with Crippen LogP contribution in [0.15, 0.2) is 0 Å². The second kappa shape index (κ2) is 4.91. The molecule has 0 saturated carbocycles. The van der Waals surface area contributed by atoms with Gasteiger partial charge in [-0.2, -0.15) is 0 Å². The smallest absolute Gasteiger partial charge is 0.0900 e. The lowest BCUT2D eigenvalue weighted by molar-refractivity contribution is 0.0778. The van der Waals surface area contributed by atoms with E-state index in [1.54, 1.807) is 0 Å². The lowest BCUT2D eigenvalue weighted by Crippen LogP contribution is -2.50. The molecular weight excluding hydrogens is 242 g/mol. The first-order valence-corrected chi connectivity index (χ1v) is 7.89. The molecule has 2 aliphatic heterocycles. The van der Waals surface area contributed by atoms with E-state index in [0.29, 0.717) is 6.04 Å². The van der Waals surface area contributed by atoms with Gasteiger partial charge in [0.2, 0.25) is 0 Å². The van der Waals surface area contributed by atoms with E-state index in [2.05, 4.69) is 35.6 Å². The molecular formula is C14H23N3S. The summed E-state index contributed by atoms with van der Waals surface area (Å²) in [4.78, 5) is 11.4. The molecule has 2 unspecified atom stereocenters. The standard InChI is InChI=1S/C14H23N3S/c1-10-14(18-12(3)15-10)11(2)17-8-7-16-6-4-5-13(16)9-17/h11,13H,4-9H2,1-3H3. The van der Waals surface area contributed by atoms with Crippen LogP contribution in [0.25, 0.3) is 0 Å². The van der Waals surface area contributed by atoms with Gasteiger partial charge in [0.1, 0.15) is 0 Å². The molecule has 0 radical (unpaired) electrons. The van der Waals surface area contributed by atoms with Crippen molar-refractivity contribution in [2.24, 2.45) is 0 Å². The van der Waals surface area contributed by atoms with Gasteiger partial charge in [0.15, 0.2) is 0 Å². The Bertz CT molecular complexity index is 429. The van der Waals surface area contributed by atoms with E-state index in [1.165, 1.54) is 54.6 Å². The number of hydrogen-bond donors (Lipinski definition) is 0. The van der Waals surface area contributed by atoms with Gasteiger partial charge in [0.05, 0.1) is 10.7 Å². The molecule has 0 aliphatic carbocycles. The Morgan fingerprint density at radius 2 is 2.11 bits per heavy atom. The van der Waals surface area contributed by atoms with Crippen molar-refractivity contribution in [1.82, 2.24) is 14.8 Å². The number of piperazine rings is 1. The van der Waals surface area contributed by atoms with E-state index in [0.717, 1.165) is 6.04 Å². The average Bonchev–Trinajstić information content (AvgIpc) is 2.93. The highest BCUT2D eigenvalue weighted by Gasteiger charge is 2.33. The van der Waals surface area contributed by atoms with Gasteiger partial charge in [-0.25, -0.2) is 4.98 Å². The van der Waals surface area contributed by atoms with Crippen molar-refractivity contribution in [3.05, 3.63) is 15.6 Å². The van der Waals surface area contributed by atoms with Gasteiger partial charge >= 0.3 is 0 Å². The van der Waals surface area contributed by atoms with Gasteiger partial charge in [0.25, 0.3) is 0 Å². The molecule has 0 bridgehead atoms. The summed E-state index contributed by atoms with van der Waals surface area (Å²) in [5, 5.41) is 1.20. The molecule has 0 aromatic carbocycles. The van der Waals surface area contributed by atoms with Crippen LogP contribution in [-0.2, 0) is 0 Å². The van der Waals surface area contributed by atoms with Crippen LogP contribution in [0.4, 0.5) is 0 Å². The highest BCUT2D eigenvalue weighted by molar-refractivity contribution is 7.11. The maximum atomic E-state index is 4.57. The molecule has 1 aromatic heterocycles. The normalized spacial score (nSPS) is 27.4. The molecule has 3 heterocycles. The first-order chi connectivity index (χ1) is 8.65. The van der Waals surface area contributed by atoms with E-state index in [-0.39, 0.29) is 0 Å². The molecule has 4 heteroatoms. The Hall–Kier alpha value is -0.450. The summed E-state index contributed by atoms with van der Waals surface area (Å²) < 4.78 is 0. The maximum Gasteiger partial charge on any atom is 0.0900 e. The number of aryl methyl sites for hydroxylation is 2. The van der Waals surface area contributed by atoms with Crippen molar-refractivity contribution in [1.29, 1.82) is 0 Å². The predicted molar refractivity (Wildman–Crippen MR) is 76.2 cm³/mol. The minimum Gasteiger partial charge on any atom is -0.298 e. The fraction of sp³-hybridized carbons (Fsp3) is 0.786. The van der Waals surface area contributed by atoms with E-state index in [1.807, 2.05) is 11.3 Å². The van der Waals surface area contributed by atoms with Crippen LogP contribution in [0.2, 0.25) is 0 Å². The van der Waals surface area contributed by atoms with E-state index in [4.69, 9.17) is 0 Å². The molecule has 0 amide bonds. The van der Waals surface area contributed by atoms with Crippen LogP contribution in [0.5, 0.6) is 0 Å². The molecule has 100 valence electrons. The SMILES string of the molecule is Cc1nc(C)c(C(C)N2CCN3CCCC3C2)s1. The zero-order chi connectivity index (χ0) is 12.7. The Morgan fingerprint density at radius 3 is 2.83 bits per heavy atom.